The van der Waals surface area contributed by atoms with Gasteiger partial charge < -0.3 is 19.8 Å². The Bertz CT molecular complexity index is 698. The van der Waals surface area contributed by atoms with Gasteiger partial charge in [0.05, 0.1) is 25.6 Å². The molecule has 1 fully saturated rings. The minimum Gasteiger partial charge on any atom is -0.474 e. The fraction of sp³-hybridized carbons (Fsp3) is 0.444. The number of rotatable bonds is 7. The fourth-order valence-corrected chi connectivity index (χ4v) is 3.21. The third-order valence-electron chi connectivity index (χ3n) is 4.53. The van der Waals surface area contributed by atoms with Gasteiger partial charge >= 0.3 is 0 Å². The third-order valence-corrected chi connectivity index (χ3v) is 4.53. The van der Waals surface area contributed by atoms with E-state index in [4.69, 9.17) is 9.84 Å². The molecule has 0 bridgehead atoms. The van der Waals surface area contributed by atoms with E-state index < -0.39 is 0 Å². The highest BCUT2D eigenvalue weighted by atomic mass is 19.1. The Labute approximate surface area is 145 Å². The lowest BCUT2D eigenvalue weighted by Crippen LogP contribution is -2.33. The van der Waals surface area contributed by atoms with Crippen LogP contribution >= 0.6 is 0 Å². The number of ether oxygens (including phenoxy) is 1. The summed E-state index contributed by atoms with van der Waals surface area (Å²) in [5, 5.41) is 18.8. The Morgan fingerprint density at radius 3 is 2.72 bits per heavy atom. The van der Waals surface area contributed by atoms with Gasteiger partial charge in [-0.2, -0.15) is 4.98 Å². The number of hydrogen-bond acceptors (Lipinski definition) is 6. The molecule has 1 aromatic heterocycles. The smallest absolute Gasteiger partial charge is 0.234 e. The summed E-state index contributed by atoms with van der Waals surface area (Å²) in [6.45, 7) is 1.53. The molecule has 0 saturated carbocycles. The lowest BCUT2D eigenvalue weighted by molar-refractivity contribution is 0.144. The Morgan fingerprint density at radius 1 is 1.20 bits per heavy atom. The Morgan fingerprint density at radius 2 is 2.00 bits per heavy atom. The van der Waals surface area contributed by atoms with E-state index in [1.54, 1.807) is 18.3 Å². The molecule has 134 valence electrons. The molecular weight excluding hydrogens is 325 g/mol. The van der Waals surface area contributed by atoms with Crippen LogP contribution in [0.3, 0.4) is 0 Å². The van der Waals surface area contributed by atoms with Crippen LogP contribution in [0.15, 0.2) is 36.7 Å². The van der Waals surface area contributed by atoms with E-state index in [1.165, 1.54) is 18.3 Å². The highest BCUT2D eigenvalue weighted by molar-refractivity contribution is 5.40. The summed E-state index contributed by atoms with van der Waals surface area (Å²) in [6, 6.07) is 6.41. The maximum absolute atomic E-state index is 13.1. The Balaban J connectivity index is 1.71. The molecule has 2 heterocycles. The molecule has 1 aromatic carbocycles. The Kier molecular flexibility index (Phi) is 5.45. The molecule has 1 aliphatic rings. The van der Waals surface area contributed by atoms with Crippen LogP contribution in [0.1, 0.15) is 12.0 Å². The summed E-state index contributed by atoms with van der Waals surface area (Å²) in [5.41, 5.74) is 0.713. The summed E-state index contributed by atoms with van der Waals surface area (Å²) in [7, 11) is 0. The van der Waals surface area contributed by atoms with E-state index in [1.807, 2.05) is 0 Å². The van der Waals surface area contributed by atoms with Crippen LogP contribution in [0.25, 0.3) is 0 Å². The average molecular weight is 347 g/mol. The maximum Gasteiger partial charge on any atom is 0.234 e. The molecule has 0 aliphatic carbocycles. The lowest BCUT2D eigenvalue weighted by atomic mass is 9.81. The standard InChI is InChI=1S/C18H22FN3O3/c19-15-3-1-14(2-4-15)9-18(13-24)5-6-22(12-18)16-10-20-11-17(21-16)25-8-7-23/h1-4,10-11,23-24H,5-9,12-13H2. The van der Waals surface area contributed by atoms with Crippen LogP contribution in [0.4, 0.5) is 10.2 Å². The number of hydrogen-bond donors (Lipinski definition) is 2. The van der Waals surface area contributed by atoms with Gasteiger partial charge in [0.1, 0.15) is 12.4 Å². The molecule has 0 spiro atoms. The van der Waals surface area contributed by atoms with E-state index in [0.717, 1.165) is 18.5 Å². The van der Waals surface area contributed by atoms with Gasteiger partial charge in [0.15, 0.2) is 5.82 Å². The van der Waals surface area contributed by atoms with Crippen molar-refractivity contribution in [1.29, 1.82) is 0 Å². The number of aliphatic hydroxyl groups excluding tert-OH is 2. The molecule has 1 unspecified atom stereocenters. The molecule has 1 saturated heterocycles. The molecule has 25 heavy (non-hydrogen) atoms. The van der Waals surface area contributed by atoms with Crippen LogP contribution in [0.2, 0.25) is 0 Å². The van der Waals surface area contributed by atoms with Crippen molar-refractivity contribution >= 4 is 5.82 Å². The summed E-state index contributed by atoms with van der Waals surface area (Å²) in [5.74, 6) is 0.793. The van der Waals surface area contributed by atoms with Crippen molar-refractivity contribution in [3.05, 3.63) is 48.0 Å². The number of aromatic nitrogens is 2. The first-order chi connectivity index (χ1) is 12.1. The van der Waals surface area contributed by atoms with E-state index in [2.05, 4.69) is 14.9 Å². The second-order valence-corrected chi connectivity index (χ2v) is 6.42. The largest absolute Gasteiger partial charge is 0.474 e. The number of halogens is 1. The molecule has 7 heteroatoms. The van der Waals surface area contributed by atoms with Crippen LogP contribution in [0.5, 0.6) is 5.88 Å². The van der Waals surface area contributed by atoms with Gasteiger partial charge in [-0.15, -0.1) is 0 Å². The molecule has 1 atom stereocenters. The van der Waals surface area contributed by atoms with Crippen molar-refractivity contribution in [2.45, 2.75) is 12.8 Å². The molecule has 3 rings (SSSR count). The topological polar surface area (TPSA) is 78.7 Å². The van der Waals surface area contributed by atoms with Crippen LogP contribution in [-0.4, -0.2) is 53.1 Å². The van der Waals surface area contributed by atoms with Gasteiger partial charge in [-0.1, -0.05) is 12.1 Å². The number of anilines is 1. The van der Waals surface area contributed by atoms with Crippen molar-refractivity contribution in [2.75, 3.05) is 37.8 Å². The molecule has 2 N–H and O–H groups in total. The van der Waals surface area contributed by atoms with Crippen LogP contribution < -0.4 is 9.64 Å². The van der Waals surface area contributed by atoms with Crippen molar-refractivity contribution in [3.8, 4) is 5.88 Å². The zero-order valence-corrected chi connectivity index (χ0v) is 13.9. The Hall–Kier alpha value is -2.25. The molecule has 0 amide bonds. The van der Waals surface area contributed by atoms with Crippen LogP contribution in [-0.2, 0) is 6.42 Å². The zero-order valence-electron chi connectivity index (χ0n) is 13.9. The maximum atomic E-state index is 13.1. The van der Waals surface area contributed by atoms with E-state index in [-0.39, 0.29) is 31.1 Å². The number of aliphatic hydroxyl groups is 2. The second-order valence-electron chi connectivity index (χ2n) is 6.42. The molecule has 0 radical (unpaired) electrons. The van der Waals surface area contributed by atoms with Gasteiger partial charge in [-0.25, -0.2) is 4.39 Å². The van der Waals surface area contributed by atoms with Crippen molar-refractivity contribution in [1.82, 2.24) is 9.97 Å². The third kappa shape index (κ3) is 4.24. The first kappa shape index (κ1) is 17.6. The minimum atomic E-state index is -0.290. The molecule has 2 aromatic rings. The number of benzene rings is 1. The summed E-state index contributed by atoms with van der Waals surface area (Å²) in [4.78, 5) is 10.6. The van der Waals surface area contributed by atoms with Gasteiger partial charge in [0.25, 0.3) is 0 Å². The summed E-state index contributed by atoms with van der Waals surface area (Å²) >= 11 is 0. The minimum absolute atomic E-state index is 0.0506. The summed E-state index contributed by atoms with van der Waals surface area (Å²) in [6.07, 6.45) is 4.66. The highest BCUT2D eigenvalue weighted by Crippen LogP contribution is 2.36. The SMILES string of the molecule is OCCOc1cncc(N2CCC(CO)(Cc3ccc(F)cc3)C2)n1. The van der Waals surface area contributed by atoms with Crippen molar-refractivity contribution in [2.24, 2.45) is 5.41 Å². The monoisotopic (exact) mass is 347 g/mol. The molecule has 1 aliphatic heterocycles. The van der Waals surface area contributed by atoms with Gasteiger partial charge in [0.2, 0.25) is 5.88 Å². The quantitative estimate of drug-likeness (QED) is 0.789. The van der Waals surface area contributed by atoms with Gasteiger partial charge in [0, 0.05) is 18.5 Å². The van der Waals surface area contributed by atoms with E-state index in [9.17, 15) is 9.50 Å². The lowest BCUT2D eigenvalue weighted by Gasteiger charge is -2.27. The average Bonchev–Trinajstić information content (AvgIpc) is 3.07. The molecular formula is C18H22FN3O3. The zero-order chi connectivity index (χ0) is 17.7. The van der Waals surface area contributed by atoms with Crippen molar-refractivity contribution in [3.63, 3.8) is 0 Å². The van der Waals surface area contributed by atoms with E-state index >= 15 is 0 Å². The van der Waals surface area contributed by atoms with Gasteiger partial charge in [-0.3, -0.25) is 4.98 Å². The second kappa shape index (κ2) is 7.76. The predicted molar refractivity (Wildman–Crippen MR) is 91.1 cm³/mol. The van der Waals surface area contributed by atoms with Crippen LogP contribution in [0, 0.1) is 11.2 Å². The normalized spacial score (nSPS) is 20.0. The highest BCUT2D eigenvalue weighted by Gasteiger charge is 2.38. The number of nitrogens with zero attached hydrogens (tertiary/aromatic N) is 3. The van der Waals surface area contributed by atoms with E-state index in [0.29, 0.717) is 24.7 Å². The first-order valence-electron chi connectivity index (χ1n) is 8.30. The van der Waals surface area contributed by atoms with Gasteiger partial charge in [-0.05, 0) is 30.5 Å². The summed E-state index contributed by atoms with van der Waals surface area (Å²) < 4.78 is 18.4. The first-order valence-corrected chi connectivity index (χ1v) is 8.30. The molecule has 6 nitrogen and oxygen atoms in total. The van der Waals surface area contributed by atoms with Crippen molar-refractivity contribution < 1.29 is 19.3 Å². The fourth-order valence-electron chi connectivity index (χ4n) is 3.21. The predicted octanol–water partition coefficient (Wildman–Crippen LogP) is 1.42.